The molecule has 3 nitrogen and oxygen atoms in total. The lowest BCUT2D eigenvalue weighted by atomic mass is 10.0. The summed E-state index contributed by atoms with van der Waals surface area (Å²) >= 11 is 3.76. The quantitative estimate of drug-likeness (QED) is 0.902. The molecule has 114 valence electrons. The van der Waals surface area contributed by atoms with Gasteiger partial charge < -0.3 is 10.2 Å². The summed E-state index contributed by atoms with van der Waals surface area (Å²) < 4.78 is 0. The summed E-state index contributed by atoms with van der Waals surface area (Å²) in [5, 5.41) is 6.70. The Labute approximate surface area is 135 Å². The maximum Gasteiger partial charge on any atom is 0.186 e. The third-order valence-corrected chi connectivity index (χ3v) is 6.25. The normalized spacial score (nSPS) is 18.0. The topological polar surface area (TPSA) is 28.2 Å². The molecule has 0 bridgehead atoms. The standard InChI is InChI=1S/C16H23N3S2/c1-4-5-13-15(10-17-3)21-16(18-13)19-8-6-14-12(11(19)2)7-9-20-14/h7,9,11,17H,4-6,8,10H2,1-3H3. The second-order valence-corrected chi connectivity index (χ2v) is 7.63. The Kier molecular flexibility index (Phi) is 4.62. The Balaban J connectivity index is 1.88. The number of thiophene rings is 1. The number of aryl methyl sites for hydroxylation is 1. The molecule has 0 fully saturated rings. The van der Waals surface area contributed by atoms with Crippen LogP contribution in [0.1, 0.15) is 47.3 Å². The molecule has 0 radical (unpaired) electrons. The lowest BCUT2D eigenvalue weighted by Gasteiger charge is -2.33. The zero-order valence-electron chi connectivity index (χ0n) is 13.0. The highest BCUT2D eigenvalue weighted by atomic mass is 32.1. The van der Waals surface area contributed by atoms with Gasteiger partial charge in [-0.2, -0.15) is 0 Å². The van der Waals surface area contributed by atoms with Gasteiger partial charge in [-0.05, 0) is 43.8 Å². The number of anilines is 1. The molecule has 0 spiro atoms. The second kappa shape index (κ2) is 6.46. The third kappa shape index (κ3) is 2.87. The molecule has 0 saturated heterocycles. The SMILES string of the molecule is CCCc1nc(N2CCc3sccc3C2C)sc1CNC. The first-order valence-corrected chi connectivity index (χ1v) is 9.40. The average molecular weight is 322 g/mol. The summed E-state index contributed by atoms with van der Waals surface area (Å²) in [4.78, 5) is 10.4. The maximum atomic E-state index is 4.96. The minimum atomic E-state index is 0.447. The van der Waals surface area contributed by atoms with Crippen LogP contribution in [0.2, 0.25) is 0 Å². The Hall–Kier alpha value is -0.910. The predicted molar refractivity (Wildman–Crippen MR) is 92.7 cm³/mol. The van der Waals surface area contributed by atoms with Gasteiger partial charge in [0.1, 0.15) is 0 Å². The van der Waals surface area contributed by atoms with Gasteiger partial charge in [0.15, 0.2) is 5.13 Å². The van der Waals surface area contributed by atoms with Crippen molar-refractivity contribution in [2.24, 2.45) is 0 Å². The van der Waals surface area contributed by atoms with Crippen molar-refractivity contribution in [3.63, 3.8) is 0 Å². The molecule has 1 aliphatic heterocycles. The summed E-state index contributed by atoms with van der Waals surface area (Å²) in [6, 6.07) is 2.73. The molecule has 3 heterocycles. The molecule has 2 aromatic rings. The van der Waals surface area contributed by atoms with E-state index in [9.17, 15) is 0 Å². The average Bonchev–Trinajstić information content (AvgIpc) is 3.08. The van der Waals surface area contributed by atoms with Gasteiger partial charge in [0.25, 0.3) is 0 Å². The van der Waals surface area contributed by atoms with Crippen LogP contribution in [0.15, 0.2) is 11.4 Å². The lowest BCUT2D eigenvalue weighted by molar-refractivity contribution is 0.629. The lowest BCUT2D eigenvalue weighted by Crippen LogP contribution is -2.32. The predicted octanol–water partition coefficient (Wildman–Crippen LogP) is 4.00. The van der Waals surface area contributed by atoms with Gasteiger partial charge in [0.2, 0.25) is 0 Å². The van der Waals surface area contributed by atoms with Crippen LogP contribution in [0, 0.1) is 0 Å². The first-order chi connectivity index (χ1) is 10.2. The van der Waals surface area contributed by atoms with Gasteiger partial charge in [-0.15, -0.1) is 22.7 Å². The maximum absolute atomic E-state index is 4.96. The van der Waals surface area contributed by atoms with Crippen LogP contribution in [-0.4, -0.2) is 18.6 Å². The van der Waals surface area contributed by atoms with Crippen molar-refractivity contribution in [1.29, 1.82) is 0 Å². The van der Waals surface area contributed by atoms with Crippen LogP contribution in [0.4, 0.5) is 5.13 Å². The number of thiazole rings is 1. The fourth-order valence-corrected chi connectivity index (χ4v) is 5.18. The van der Waals surface area contributed by atoms with Gasteiger partial charge in [-0.1, -0.05) is 13.3 Å². The Bertz CT molecular complexity index is 579. The number of hydrogen-bond acceptors (Lipinski definition) is 5. The fourth-order valence-electron chi connectivity index (χ4n) is 2.99. The van der Waals surface area contributed by atoms with E-state index in [1.165, 1.54) is 21.3 Å². The van der Waals surface area contributed by atoms with Crippen LogP contribution in [0.3, 0.4) is 0 Å². The zero-order chi connectivity index (χ0) is 14.8. The number of nitrogens with zero attached hydrogens (tertiary/aromatic N) is 2. The molecule has 3 rings (SSSR count). The summed E-state index contributed by atoms with van der Waals surface area (Å²) in [6.07, 6.45) is 3.39. The zero-order valence-corrected chi connectivity index (χ0v) is 14.6. The molecule has 1 N–H and O–H groups in total. The van der Waals surface area contributed by atoms with Gasteiger partial charge in [-0.25, -0.2) is 4.98 Å². The van der Waals surface area contributed by atoms with E-state index >= 15 is 0 Å². The molecule has 0 aromatic carbocycles. The summed E-state index contributed by atoms with van der Waals surface area (Å²) in [7, 11) is 2.01. The van der Waals surface area contributed by atoms with Crippen molar-refractivity contribution < 1.29 is 0 Å². The van der Waals surface area contributed by atoms with Crippen LogP contribution in [-0.2, 0) is 19.4 Å². The van der Waals surface area contributed by atoms with E-state index in [-0.39, 0.29) is 0 Å². The molecule has 0 saturated carbocycles. The molecule has 5 heteroatoms. The summed E-state index contributed by atoms with van der Waals surface area (Å²) in [5.74, 6) is 0. The minimum absolute atomic E-state index is 0.447. The smallest absolute Gasteiger partial charge is 0.186 e. The van der Waals surface area contributed by atoms with E-state index in [1.807, 2.05) is 29.7 Å². The van der Waals surface area contributed by atoms with Crippen LogP contribution < -0.4 is 10.2 Å². The molecule has 21 heavy (non-hydrogen) atoms. The van der Waals surface area contributed by atoms with E-state index in [0.717, 1.165) is 32.4 Å². The van der Waals surface area contributed by atoms with E-state index in [0.29, 0.717) is 6.04 Å². The highest BCUT2D eigenvalue weighted by molar-refractivity contribution is 7.15. The van der Waals surface area contributed by atoms with Gasteiger partial charge in [-0.3, -0.25) is 0 Å². The van der Waals surface area contributed by atoms with E-state index in [2.05, 4.69) is 35.5 Å². The first kappa shape index (κ1) is 15.0. The van der Waals surface area contributed by atoms with Gasteiger partial charge in [0, 0.05) is 22.8 Å². The van der Waals surface area contributed by atoms with Crippen molar-refractivity contribution in [1.82, 2.24) is 10.3 Å². The van der Waals surface area contributed by atoms with Gasteiger partial charge in [0.05, 0.1) is 11.7 Å². The minimum Gasteiger partial charge on any atom is -0.341 e. The van der Waals surface area contributed by atoms with Crippen molar-refractivity contribution >= 4 is 27.8 Å². The largest absolute Gasteiger partial charge is 0.341 e. The highest BCUT2D eigenvalue weighted by Gasteiger charge is 2.27. The number of nitrogens with one attached hydrogen (secondary N) is 1. The van der Waals surface area contributed by atoms with Crippen LogP contribution in [0.5, 0.6) is 0 Å². The molecule has 0 aliphatic carbocycles. The van der Waals surface area contributed by atoms with E-state index in [4.69, 9.17) is 4.98 Å². The molecule has 1 aliphatic rings. The van der Waals surface area contributed by atoms with E-state index in [1.54, 1.807) is 4.88 Å². The summed E-state index contributed by atoms with van der Waals surface area (Å²) in [5.41, 5.74) is 2.78. The Morgan fingerprint density at radius 3 is 3.10 bits per heavy atom. The molecular formula is C16H23N3S2. The number of rotatable bonds is 5. The monoisotopic (exact) mass is 321 g/mol. The highest BCUT2D eigenvalue weighted by Crippen LogP contribution is 2.38. The molecule has 0 amide bonds. The molecular weight excluding hydrogens is 298 g/mol. The number of hydrogen-bond donors (Lipinski definition) is 1. The van der Waals surface area contributed by atoms with E-state index < -0.39 is 0 Å². The Morgan fingerprint density at radius 1 is 1.48 bits per heavy atom. The molecule has 1 unspecified atom stereocenters. The van der Waals surface area contributed by atoms with Crippen molar-refractivity contribution in [2.75, 3.05) is 18.5 Å². The van der Waals surface area contributed by atoms with Gasteiger partial charge >= 0.3 is 0 Å². The van der Waals surface area contributed by atoms with Crippen molar-refractivity contribution in [2.45, 2.75) is 45.7 Å². The Morgan fingerprint density at radius 2 is 2.33 bits per heavy atom. The number of fused-ring (bicyclic) bond motifs is 1. The fraction of sp³-hybridized carbons (Fsp3) is 0.562. The second-order valence-electron chi connectivity index (χ2n) is 5.57. The molecule has 2 aromatic heterocycles. The summed E-state index contributed by atoms with van der Waals surface area (Å²) in [6.45, 7) is 6.55. The van der Waals surface area contributed by atoms with Crippen molar-refractivity contribution in [3.8, 4) is 0 Å². The van der Waals surface area contributed by atoms with Crippen molar-refractivity contribution in [3.05, 3.63) is 32.5 Å². The van der Waals surface area contributed by atoms with Crippen LogP contribution >= 0.6 is 22.7 Å². The molecule has 1 atom stereocenters. The van der Waals surface area contributed by atoms with Crippen LogP contribution in [0.25, 0.3) is 0 Å². The third-order valence-electron chi connectivity index (χ3n) is 4.11. The first-order valence-electron chi connectivity index (χ1n) is 7.70. The number of aromatic nitrogens is 1.